The Morgan fingerprint density at radius 2 is 1.83 bits per heavy atom. The maximum absolute atomic E-state index is 12.3. The Morgan fingerprint density at radius 3 is 2.30 bits per heavy atom. The van der Waals surface area contributed by atoms with Crippen molar-refractivity contribution >= 4 is 18.0 Å². The number of cyclic esters (lactones) is 1. The number of hydrogen-bond donors (Lipinski definition) is 1. The van der Waals surface area contributed by atoms with Crippen LogP contribution in [0.4, 0.5) is 4.79 Å². The average molecular weight is 324 g/mol. The molecule has 0 aromatic heterocycles. The SMILES string of the molecule is CC(=O)NC1=C(C)OC(=O)C12CCN(C(=O)OC(C)(C)C)CC2. The summed E-state index contributed by atoms with van der Waals surface area (Å²) in [4.78, 5) is 37.4. The molecule has 0 radical (unpaired) electrons. The van der Waals surface area contributed by atoms with E-state index in [-0.39, 0.29) is 18.0 Å². The van der Waals surface area contributed by atoms with Crippen LogP contribution in [0.2, 0.25) is 0 Å². The van der Waals surface area contributed by atoms with E-state index in [9.17, 15) is 14.4 Å². The molecule has 1 N–H and O–H groups in total. The van der Waals surface area contributed by atoms with E-state index in [2.05, 4.69) is 5.32 Å². The van der Waals surface area contributed by atoms with E-state index in [0.29, 0.717) is 37.4 Å². The quantitative estimate of drug-likeness (QED) is 0.745. The van der Waals surface area contributed by atoms with Crippen LogP contribution in [0.25, 0.3) is 0 Å². The first-order valence-corrected chi connectivity index (χ1v) is 7.74. The fourth-order valence-corrected chi connectivity index (χ4v) is 2.96. The number of nitrogens with one attached hydrogen (secondary N) is 1. The summed E-state index contributed by atoms with van der Waals surface area (Å²) in [5.41, 5.74) is -0.899. The van der Waals surface area contributed by atoms with Gasteiger partial charge in [-0.2, -0.15) is 0 Å². The van der Waals surface area contributed by atoms with Crippen molar-refractivity contribution < 1.29 is 23.9 Å². The summed E-state index contributed by atoms with van der Waals surface area (Å²) in [6.45, 7) is 9.24. The third kappa shape index (κ3) is 3.48. The largest absolute Gasteiger partial charge is 0.444 e. The molecule has 0 saturated carbocycles. The molecule has 128 valence electrons. The van der Waals surface area contributed by atoms with Crippen LogP contribution < -0.4 is 5.32 Å². The topological polar surface area (TPSA) is 84.9 Å². The number of carbonyl (C=O) groups excluding carboxylic acids is 3. The van der Waals surface area contributed by atoms with Crippen LogP contribution in [0.5, 0.6) is 0 Å². The second-order valence-corrected chi connectivity index (χ2v) is 7.05. The molecule has 0 bridgehead atoms. The Bertz CT molecular complexity index is 566. The Labute approximate surface area is 136 Å². The molecule has 7 nitrogen and oxygen atoms in total. The number of ether oxygens (including phenoxy) is 2. The molecule has 1 saturated heterocycles. The monoisotopic (exact) mass is 324 g/mol. The van der Waals surface area contributed by atoms with Crippen LogP contribution in [-0.2, 0) is 19.1 Å². The van der Waals surface area contributed by atoms with Gasteiger partial charge in [-0.3, -0.25) is 9.59 Å². The summed E-state index contributed by atoms with van der Waals surface area (Å²) >= 11 is 0. The Morgan fingerprint density at radius 1 is 1.26 bits per heavy atom. The maximum atomic E-state index is 12.3. The lowest BCUT2D eigenvalue weighted by Crippen LogP contribution is -2.49. The van der Waals surface area contributed by atoms with Gasteiger partial charge in [0.05, 0.1) is 5.70 Å². The van der Waals surface area contributed by atoms with Gasteiger partial charge in [-0.25, -0.2) is 4.79 Å². The third-order valence-electron chi connectivity index (χ3n) is 4.04. The van der Waals surface area contributed by atoms with Gasteiger partial charge in [0.15, 0.2) is 0 Å². The molecule has 7 heteroatoms. The number of rotatable bonds is 1. The van der Waals surface area contributed by atoms with E-state index in [1.165, 1.54) is 6.92 Å². The van der Waals surface area contributed by atoms with Crippen molar-refractivity contribution in [3.8, 4) is 0 Å². The van der Waals surface area contributed by atoms with Crippen molar-refractivity contribution in [2.24, 2.45) is 5.41 Å². The summed E-state index contributed by atoms with van der Waals surface area (Å²) in [5.74, 6) is -0.176. The maximum Gasteiger partial charge on any atom is 0.410 e. The molecular weight excluding hydrogens is 300 g/mol. The Hall–Kier alpha value is -2.05. The molecule has 1 spiro atoms. The summed E-state index contributed by atoms with van der Waals surface area (Å²) in [5, 5.41) is 2.72. The van der Waals surface area contributed by atoms with Crippen LogP contribution in [0.3, 0.4) is 0 Å². The zero-order valence-corrected chi connectivity index (χ0v) is 14.3. The molecule has 1 fully saturated rings. The number of esters is 1. The molecule has 2 amide bonds. The van der Waals surface area contributed by atoms with Crippen LogP contribution in [0.15, 0.2) is 11.5 Å². The highest BCUT2D eigenvalue weighted by atomic mass is 16.6. The lowest BCUT2D eigenvalue weighted by atomic mass is 9.76. The van der Waals surface area contributed by atoms with E-state index in [1.807, 2.05) is 20.8 Å². The smallest absolute Gasteiger partial charge is 0.410 e. The number of carbonyl (C=O) groups is 3. The molecule has 2 aliphatic heterocycles. The number of piperidine rings is 1. The van der Waals surface area contributed by atoms with Gasteiger partial charge < -0.3 is 19.7 Å². The summed E-state index contributed by atoms with van der Waals surface area (Å²) < 4.78 is 10.6. The zero-order chi connectivity index (χ0) is 17.4. The van der Waals surface area contributed by atoms with Crippen LogP contribution >= 0.6 is 0 Å². The van der Waals surface area contributed by atoms with Gasteiger partial charge in [-0.15, -0.1) is 0 Å². The fourth-order valence-electron chi connectivity index (χ4n) is 2.96. The number of amides is 2. The third-order valence-corrected chi connectivity index (χ3v) is 4.04. The van der Waals surface area contributed by atoms with Crippen molar-refractivity contribution in [3.63, 3.8) is 0 Å². The predicted octanol–water partition coefficient (Wildman–Crippen LogP) is 1.93. The minimum Gasteiger partial charge on any atom is -0.444 e. The fraction of sp³-hybridized carbons (Fsp3) is 0.688. The van der Waals surface area contributed by atoms with Crippen molar-refractivity contribution in [2.45, 2.75) is 53.1 Å². The average Bonchev–Trinajstić information content (AvgIpc) is 2.62. The van der Waals surface area contributed by atoms with E-state index < -0.39 is 11.0 Å². The molecule has 23 heavy (non-hydrogen) atoms. The van der Waals surface area contributed by atoms with Gasteiger partial charge in [0, 0.05) is 20.0 Å². The van der Waals surface area contributed by atoms with Gasteiger partial charge in [-0.05, 0) is 40.5 Å². The lowest BCUT2D eigenvalue weighted by molar-refractivity contribution is -0.147. The normalized spacial score (nSPS) is 20.6. The summed E-state index contributed by atoms with van der Waals surface area (Å²) in [6.07, 6.45) is 0.413. The van der Waals surface area contributed by atoms with Crippen LogP contribution in [0.1, 0.15) is 47.5 Å². The molecule has 0 aromatic rings. The van der Waals surface area contributed by atoms with E-state index >= 15 is 0 Å². The molecule has 2 heterocycles. The predicted molar refractivity (Wildman–Crippen MR) is 82.1 cm³/mol. The first-order valence-electron chi connectivity index (χ1n) is 7.74. The summed E-state index contributed by atoms with van der Waals surface area (Å²) in [6, 6.07) is 0. The first-order chi connectivity index (χ1) is 10.5. The van der Waals surface area contributed by atoms with Crippen molar-refractivity contribution in [1.29, 1.82) is 0 Å². The minimum atomic E-state index is -0.867. The highest BCUT2D eigenvalue weighted by molar-refractivity contribution is 5.88. The molecule has 0 aromatic carbocycles. The molecule has 2 rings (SSSR count). The van der Waals surface area contributed by atoms with Gasteiger partial charge in [0.1, 0.15) is 16.8 Å². The first kappa shape index (κ1) is 17.3. The second-order valence-electron chi connectivity index (χ2n) is 7.05. The highest BCUT2D eigenvalue weighted by Crippen LogP contribution is 2.45. The van der Waals surface area contributed by atoms with E-state index in [0.717, 1.165) is 0 Å². The number of nitrogens with zero attached hydrogens (tertiary/aromatic N) is 1. The van der Waals surface area contributed by atoms with E-state index in [1.54, 1.807) is 11.8 Å². The molecule has 0 unspecified atom stereocenters. The zero-order valence-electron chi connectivity index (χ0n) is 14.3. The Balaban J connectivity index is 2.11. The minimum absolute atomic E-state index is 0.244. The molecule has 0 aliphatic carbocycles. The summed E-state index contributed by atoms with van der Waals surface area (Å²) in [7, 11) is 0. The van der Waals surface area contributed by atoms with E-state index in [4.69, 9.17) is 9.47 Å². The van der Waals surface area contributed by atoms with Crippen molar-refractivity contribution in [2.75, 3.05) is 13.1 Å². The number of allylic oxidation sites excluding steroid dienone is 1. The van der Waals surface area contributed by atoms with Crippen molar-refractivity contribution in [3.05, 3.63) is 11.5 Å². The number of likely N-dealkylation sites (tertiary alicyclic amines) is 1. The van der Waals surface area contributed by atoms with Crippen molar-refractivity contribution in [1.82, 2.24) is 10.2 Å². The van der Waals surface area contributed by atoms with Gasteiger partial charge in [-0.1, -0.05) is 0 Å². The molecule has 0 atom stereocenters. The second kappa shape index (κ2) is 5.86. The Kier molecular flexibility index (Phi) is 4.41. The molecular formula is C16H24N2O5. The molecule has 2 aliphatic rings. The lowest BCUT2D eigenvalue weighted by Gasteiger charge is -2.38. The van der Waals surface area contributed by atoms with Gasteiger partial charge >= 0.3 is 12.1 Å². The van der Waals surface area contributed by atoms with Gasteiger partial charge in [0.2, 0.25) is 5.91 Å². The standard InChI is InChI=1S/C16H24N2O5/c1-10-12(17-11(2)19)16(13(20)22-10)6-8-18(9-7-16)14(21)23-15(3,4)5/h6-9H2,1-5H3,(H,17,19). The van der Waals surface area contributed by atoms with Gasteiger partial charge in [0.25, 0.3) is 0 Å². The number of hydrogen-bond acceptors (Lipinski definition) is 5. The van der Waals surface area contributed by atoms with Crippen LogP contribution in [-0.4, -0.2) is 41.6 Å². The van der Waals surface area contributed by atoms with Crippen LogP contribution in [0, 0.1) is 5.41 Å². The highest BCUT2D eigenvalue weighted by Gasteiger charge is 2.52.